The summed E-state index contributed by atoms with van der Waals surface area (Å²) >= 11 is 1.56. The van der Waals surface area contributed by atoms with Crippen molar-refractivity contribution in [1.29, 1.82) is 0 Å². The number of carbonyl (C=O) groups is 1. The van der Waals surface area contributed by atoms with E-state index in [9.17, 15) is 4.79 Å². The molecule has 0 aliphatic carbocycles. The normalized spacial score (nSPS) is 11.9. The number of rotatable bonds is 6. The summed E-state index contributed by atoms with van der Waals surface area (Å²) in [7, 11) is 0. The van der Waals surface area contributed by atoms with Crippen molar-refractivity contribution < 1.29 is 4.79 Å². The minimum absolute atomic E-state index is 0.0317. The molecule has 4 nitrogen and oxygen atoms in total. The van der Waals surface area contributed by atoms with Crippen LogP contribution in [0, 0.1) is 0 Å². The Kier molecular flexibility index (Phi) is 5.33. The van der Waals surface area contributed by atoms with E-state index in [0.29, 0.717) is 6.54 Å². The lowest BCUT2D eigenvalue weighted by atomic mass is 10.1. The summed E-state index contributed by atoms with van der Waals surface area (Å²) in [5.41, 5.74) is 2.08. The van der Waals surface area contributed by atoms with Crippen LogP contribution in [0.5, 0.6) is 0 Å². The molecule has 0 saturated carbocycles. The third-order valence-electron chi connectivity index (χ3n) is 3.65. The maximum Gasteiger partial charge on any atom is 0.233 e. The molecule has 0 saturated heterocycles. The van der Waals surface area contributed by atoms with Crippen molar-refractivity contribution in [2.45, 2.75) is 23.6 Å². The van der Waals surface area contributed by atoms with Gasteiger partial charge in [0, 0.05) is 23.8 Å². The van der Waals surface area contributed by atoms with Crippen LogP contribution < -0.4 is 5.32 Å². The highest BCUT2D eigenvalue weighted by molar-refractivity contribution is 8.00. The lowest BCUT2D eigenvalue weighted by Crippen LogP contribution is -2.30. The highest BCUT2D eigenvalue weighted by Crippen LogP contribution is 2.23. The summed E-state index contributed by atoms with van der Waals surface area (Å²) in [6.45, 7) is 2.42. The molecule has 0 unspecified atom stereocenters. The molecule has 24 heavy (non-hydrogen) atoms. The van der Waals surface area contributed by atoms with Gasteiger partial charge in [-0.2, -0.15) is 0 Å². The van der Waals surface area contributed by atoms with Crippen LogP contribution in [-0.4, -0.2) is 20.7 Å². The van der Waals surface area contributed by atoms with Crippen LogP contribution in [0.25, 0.3) is 5.69 Å². The number of thioether (sulfide) groups is 1. The van der Waals surface area contributed by atoms with Crippen molar-refractivity contribution in [3.8, 4) is 5.69 Å². The van der Waals surface area contributed by atoms with Crippen LogP contribution in [0.3, 0.4) is 0 Å². The molecule has 2 aromatic carbocycles. The summed E-state index contributed by atoms with van der Waals surface area (Å²) in [5, 5.41) is 2.88. The number of aromatic nitrogens is 2. The molecule has 3 aromatic rings. The van der Waals surface area contributed by atoms with Gasteiger partial charge < -0.3 is 9.88 Å². The maximum atomic E-state index is 12.4. The number of carbonyl (C=O) groups excluding carboxylic acids is 1. The fourth-order valence-electron chi connectivity index (χ4n) is 2.40. The van der Waals surface area contributed by atoms with Gasteiger partial charge in [-0.15, -0.1) is 11.8 Å². The van der Waals surface area contributed by atoms with Crippen molar-refractivity contribution in [1.82, 2.24) is 14.9 Å². The number of hydrogen-bond donors (Lipinski definition) is 1. The largest absolute Gasteiger partial charge is 0.351 e. The van der Waals surface area contributed by atoms with E-state index in [1.807, 2.05) is 72.3 Å². The first-order valence-corrected chi connectivity index (χ1v) is 8.67. The highest BCUT2D eigenvalue weighted by atomic mass is 32.2. The van der Waals surface area contributed by atoms with Crippen LogP contribution >= 0.6 is 11.8 Å². The quantitative estimate of drug-likeness (QED) is 0.698. The van der Waals surface area contributed by atoms with Crippen LogP contribution in [0.4, 0.5) is 0 Å². The monoisotopic (exact) mass is 337 g/mol. The van der Waals surface area contributed by atoms with E-state index >= 15 is 0 Å². The van der Waals surface area contributed by atoms with E-state index in [-0.39, 0.29) is 11.2 Å². The average Bonchev–Trinajstić information content (AvgIpc) is 3.15. The van der Waals surface area contributed by atoms with Gasteiger partial charge in [0.1, 0.15) is 0 Å². The van der Waals surface area contributed by atoms with Crippen molar-refractivity contribution in [2.75, 3.05) is 0 Å². The standard InChI is InChI=1S/C19H19N3OS/c1-15(24-17-8-3-2-4-9-17)19(23)21-13-16-7-5-6-10-18(16)22-12-11-20-14-22/h2-12,14-15H,13H2,1H3,(H,21,23)/t15-/m1/s1. The predicted molar refractivity (Wildman–Crippen MR) is 97.2 cm³/mol. The van der Waals surface area contributed by atoms with E-state index < -0.39 is 0 Å². The molecule has 5 heteroatoms. The summed E-state index contributed by atoms with van der Waals surface area (Å²) in [6, 6.07) is 18.0. The van der Waals surface area contributed by atoms with Gasteiger partial charge in [-0.1, -0.05) is 36.4 Å². The fourth-order valence-corrected chi connectivity index (χ4v) is 3.31. The van der Waals surface area contributed by atoms with Gasteiger partial charge in [0.2, 0.25) is 5.91 Å². The number of para-hydroxylation sites is 1. The Morgan fingerprint density at radius 2 is 1.92 bits per heavy atom. The molecule has 1 amide bonds. The molecule has 1 aromatic heterocycles. The highest BCUT2D eigenvalue weighted by Gasteiger charge is 2.14. The minimum Gasteiger partial charge on any atom is -0.351 e. The zero-order valence-corrected chi connectivity index (χ0v) is 14.2. The first kappa shape index (κ1) is 16.3. The number of amides is 1. The van der Waals surface area contributed by atoms with Gasteiger partial charge in [0.15, 0.2) is 0 Å². The van der Waals surface area contributed by atoms with Crippen LogP contribution in [0.1, 0.15) is 12.5 Å². The number of nitrogens with zero attached hydrogens (tertiary/aromatic N) is 2. The number of nitrogens with one attached hydrogen (secondary N) is 1. The molecule has 0 aliphatic rings. The summed E-state index contributed by atoms with van der Waals surface area (Å²) in [4.78, 5) is 17.5. The van der Waals surface area contributed by atoms with Gasteiger partial charge in [0.05, 0.1) is 17.3 Å². The van der Waals surface area contributed by atoms with Crippen LogP contribution in [-0.2, 0) is 11.3 Å². The van der Waals surface area contributed by atoms with E-state index in [1.54, 1.807) is 24.3 Å². The molecule has 1 N–H and O–H groups in total. The Morgan fingerprint density at radius 3 is 2.67 bits per heavy atom. The van der Waals surface area contributed by atoms with E-state index in [2.05, 4.69) is 10.3 Å². The molecule has 0 aliphatic heterocycles. The fraction of sp³-hybridized carbons (Fsp3) is 0.158. The molecular weight excluding hydrogens is 318 g/mol. The van der Waals surface area contributed by atoms with Gasteiger partial charge in [0.25, 0.3) is 0 Å². The smallest absolute Gasteiger partial charge is 0.233 e. The lowest BCUT2D eigenvalue weighted by molar-refractivity contribution is -0.120. The second-order valence-electron chi connectivity index (χ2n) is 5.39. The molecular formula is C19H19N3OS. The summed E-state index contributed by atoms with van der Waals surface area (Å²) < 4.78 is 1.95. The lowest BCUT2D eigenvalue weighted by Gasteiger charge is -2.14. The minimum atomic E-state index is -0.146. The Morgan fingerprint density at radius 1 is 1.17 bits per heavy atom. The van der Waals surface area contributed by atoms with Crippen LogP contribution in [0.2, 0.25) is 0 Å². The number of benzene rings is 2. The molecule has 1 heterocycles. The van der Waals surface area contributed by atoms with Crippen molar-refractivity contribution in [3.05, 3.63) is 78.9 Å². The van der Waals surface area contributed by atoms with Crippen LogP contribution in [0.15, 0.2) is 78.2 Å². The average molecular weight is 337 g/mol. The first-order chi connectivity index (χ1) is 11.7. The van der Waals surface area contributed by atoms with Gasteiger partial charge in [-0.05, 0) is 30.7 Å². The topological polar surface area (TPSA) is 46.9 Å². The molecule has 0 radical (unpaired) electrons. The van der Waals surface area contributed by atoms with E-state index in [1.165, 1.54) is 0 Å². The molecule has 122 valence electrons. The third kappa shape index (κ3) is 4.06. The number of imidazole rings is 1. The SMILES string of the molecule is C[C@@H](Sc1ccccc1)C(=O)NCc1ccccc1-n1ccnc1. The van der Waals surface area contributed by atoms with E-state index in [0.717, 1.165) is 16.1 Å². The van der Waals surface area contributed by atoms with Crippen molar-refractivity contribution in [2.24, 2.45) is 0 Å². The number of hydrogen-bond acceptors (Lipinski definition) is 3. The van der Waals surface area contributed by atoms with Gasteiger partial charge in [-0.25, -0.2) is 4.98 Å². The summed E-state index contributed by atoms with van der Waals surface area (Å²) in [5.74, 6) is 0.0317. The molecule has 0 bridgehead atoms. The molecule has 0 fully saturated rings. The molecule has 0 spiro atoms. The second-order valence-corrected chi connectivity index (χ2v) is 6.80. The summed E-state index contributed by atoms with van der Waals surface area (Å²) in [6.07, 6.45) is 5.40. The zero-order valence-electron chi connectivity index (χ0n) is 13.4. The van der Waals surface area contributed by atoms with Crippen molar-refractivity contribution >= 4 is 17.7 Å². The Labute approximate surface area is 145 Å². The predicted octanol–water partition coefficient (Wildman–Crippen LogP) is 3.67. The van der Waals surface area contributed by atoms with Gasteiger partial charge in [-0.3, -0.25) is 4.79 Å². The van der Waals surface area contributed by atoms with Gasteiger partial charge >= 0.3 is 0 Å². The van der Waals surface area contributed by atoms with Crippen molar-refractivity contribution in [3.63, 3.8) is 0 Å². The Hall–Kier alpha value is -2.53. The Balaban J connectivity index is 1.63. The third-order valence-corrected chi connectivity index (χ3v) is 4.76. The Bertz CT molecular complexity index is 787. The van der Waals surface area contributed by atoms with E-state index in [4.69, 9.17) is 0 Å². The maximum absolute atomic E-state index is 12.4. The molecule has 3 rings (SSSR count). The first-order valence-electron chi connectivity index (χ1n) is 7.79. The second kappa shape index (κ2) is 7.84. The zero-order chi connectivity index (χ0) is 16.8. The molecule has 1 atom stereocenters.